The van der Waals surface area contributed by atoms with Crippen LogP contribution in [-0.4, -0.2) is 25.9 Å². The van der Waals surface area contributed by atoms with Gasteiger partial charge in [-0.1, -0.05) is 39.0 Å². The molecule has 0 atom stereocenters. The van der Waals surface area contributed by atoms with E-state index in [4.69, 9.17) is 0 Å². The average Bonchev–Trinajstić information content (AvgIpc) is 2.70. The summed E-state index contributed by atoms with van der Waals surface area (Å²) in [4.78, 5) is 27.5. The number of nitrogens with one attached hydrogen (secondary N) is 2. The fourth-order valence-corrected chi connectivity index (χ4v) is 4.51. The molecule has 160 valence electrons. The first-order valence-corrected chi connectivity index (χ1v) is 11.7. The highest BCUT2D eigenvalue weighted by Crippen LogP contribution is 2.24. The largest absolute Gasteiger partial charge is 0.348 e. The molecule has 1 aromatic heterocycles. The van der Waals surface area contributed by atoms with Crippen molar-refractivity contribution in [2.75, 3.05) is 6.54 Å². The van der Waals surface area contributed by atoms with E-state index in [1.807, 2.05) is 12.1 Å². The second kappa shape index (κ2) is 8.60. The first kappa shape index (κ1) is 22.0. The van der Waals surface area contributed by atoms with Gasteiger partial charge in [0, 0.05) is 17.6 Å². The molecular weight excluding hydrogens is 400 g/mol. The molecular formula is C23H28N2O4S. The number of H-pyrrole nitrogens is 1. The summed E-state index contributed by atoms with van der Waals surface area (Å²) >= 11 is 0. The maximum absolute atomic E-state index is 12.5. The van der Waals surface area contributed by atoms with E-state index < -0.39 is 21.3 Å². The molecule has 6 nitrogen and oxygen atoms in total. The first-order valence-electron chi connectivity index (χ1n) is 10.1. The van der Waals surface area contributed by atoms with Crippen LogP contribution in [-0.2, 0) is 28.1 Å². The first-order chi connectivity index (χ1) is 14.1. The number of pyridine rings is 1. The van der Waals surface area contributed by atoms with Crippen LogP contribution in [0.1, 0.15) is 60.8 Å². The predicted molar refractivity (Wildman–Crippen MR) is 118 cm³/mol. The minimum atomic E-state index is -3.61. The molecule has 30 heavy (non-hydrogen) atoms. The van der Waals surface area contributed by atoms with Crippen molar-refractivity contribution >= 4 is 15.7 Å². The number of hydrogen-bond donors (Lipinski definition) is 2. The van der Waals surface area contributed by atoms with E-state index in [0.29, 0.717) is 0 Å². The van der Waals surface area contributed by atoms with Crippen LogP contribution in [0, 0.1) is 0 Å². The Morgan fingerprint density at radius 1 is 1.13 bits per heavy atom. The molecule has 1 heterocycles. The van der Waals surface area contributed by atoms with Gasteiger partial charge in [-0.2, -0.15) is 0 Å². The van der Waals surface area contributed by atoms with Crippen LogP contribution in [0.2, 0.25) is 0 Å². The Bertz CT molecular complexity index is 1120. The lowest BCUT2D eigenvalue weighted by Crippen LogP contribution is -2.31. The van der Waals surface area contributed by atoms with Crippen LogP contribution in [0.5, 0.6) is 0 Å². The molecule has 2 aromatic rings. The molecule has 0 bridgehead atoms. The van der Waals surface area contributed by atoms with Gasteiger partial charge in [-0.15, -0.1) is 0 Å². The summed E-state index contributed by atoms with van der Waals surface area (Å²) in [5, 5.41) is 3.67. The lowest BCUT2D eigenvalue weighted by Gasteiger charge is -2.18. The van der Waals surface area contributed by atoms with Crippen molar-refractivity contribution in [3.05, 3.63) is 74.6 Å². The monoisotopic (exact) mass is 428 g/mol. The van der Waals surface area contributed by atoms with Gasteiger partial charge >= 0.3 is 0 Å². The third-order valence-electron chi connectivity index (χ3n) is 5.29. The Balaban J connectivity index is 1.64. The maximum atomic E-state index is 12.5. The highest BCUT2D eigenvalue weighted by Gasteiger charge is 2.17. The van der Waals surface area contributed by atoms with E-state index in [9.17, 15) is 18.0 Å². The molecule has 1 aliphatic rings. The van der Waals surface area contributed by atoms with Crippen LogP contribution in [0.25, 0.3) is 0 Å². The zero-order valence-corrected chi connectivity index (χ0v) is 18.4. The molecule has 0 radical (unpaired) electrons. The fourth-order valence-electron chi connectivity index (χ4n) is 3.49. The number of carbonyl (C=O) groups is 1. The Morgan fingerprint density at radius 3 is 2.47 bits per heavy atom. The lowest BCUT2D eigenvalue weighted by atomic mass is 9.87. The maximum Gasteiger partial charge on any atom is 0.261 e. The third kappa shape index (κ3) is 5.08. The fraction of sp³-hybridized carbons (Fsp3) is 0.391. The van der Waals surface area contributed by atoms with Crippen LogP contribution >= 0.6 is 0 Å². The predicted octanol–water partition coefficient (Wildman–Crippen LogP) is 3.27. The Morgan fingerprint density at radius 2 is 1.80 bits per heavy atom. The topological polar surface area (TPSA) is 96.1 Å². The zero-order valence-electron chi connectivity index (χ0n) is 17.6. The van der Waals surface area contributed by atoms with Crippen LogP contribution in [0.3, 0.4) is 0 Å². The van der Waals surface area contributed by atoms with Crippen molar-refractivity contribution in [1.82, 2.24) is 10.3 Å². The van der Waals surface area contributed by atoms with E-state index >= 15 is 0 Å². The van der Waals surface area contributed by atoms with E-state index in [2.05, 4.69) is 31.1 Å². The molecule has 0 saturated carbocycles. The molecule has 0 aliphatic heterocycles. The number of sulfone groups is 1. The molecule has 1 amide bonds. The van der Waals surface area contributed by atoms with Gasteiger partial charge in [0.25, 0.3) is 11.5 Å². The van der Waals surface area contributed by atoms with Gasteiger partial charge < -0.3 is 10.3 Å². The van der Waals surface area contributed by atoms with Gasteiger partial charge in [0.2, 0.25) is 0 Å². The number of hydrogen-bond acceptors (Lipinski definition) is 4. The summed E-state index contributed by atoms with van der Waals surface area (Å²) in [6, 6.07) is 8.45. The highest BCUT2D eigenvalue weighted by molar-refractivity contribution is 7.94. The van der Waals surface area contributed by atoms with Gasteiger partial charge in [-0.3, -0.25) is 9.59 Å². The number of amides is 1. The minimum absolute atomic E-state index is 0.00859. The number of carbonyl (C=O) groups excluding carboxylic acids is 1. The molecule has 0 fully saturated rings. The SMILES string of the molecule is CC(C)(C)c1ccc(S(=O)(=O)/C=C/CNC(=O)c2cc3c([nH]c2=O)CCCC3)cc1. The smallest absolute Gasteiger partial charge is 0.261 e. The molecule has 3 rings (SSSR count). The van der Waals surface area contributed by atoms with Gasteiger partial charge in [0.15, 0.2) is 9.84 Å². The van der Waals surface area contributed by atoms with Crippen molar-refractivity contribution in [3.63, 3.8) is 0 Å². The Kier molecular flexibility index (Phi) is 6.31. The van der Waals surface area contributed by atoms with Crippen molar-refractivity contribution in [1.29, 1.82) is 0 Å². The van der Waals surface area contributed by atoms with Crippen LogP contribution in [0.4, 0.5) is 0 Å². The molecule has 0 unspecified atom stereocenters. The van der Waals surface area contributed by atoms with E-state index in [1.54, 1.807) is 18.2 Å². The summed E-state index contributed by atoms with van der Waals surface area (Å²) in [5.41, 5.74) is 2.55. The molecule has 0 spiro atoms. The third-order valence-corrected chi connectivity index (χ3v) is 6.77. The average molecular weight is 429 g/mol. The summed E-state index contributed by atoms with van der Waals surface area (Å²) in [6.45, 7) is 6.20. The van der Waals surface area contributed by atoms with Crippen molar-refractivity contribution < 1.29 is 13.2 Å². The Hall–Kier alpha value is -2.67. The number of benzene rings is 1. The molecule has 0 saturated heterocycles. The summed E-state index contributed by atoms with van der Waals surface area (Å²) < 4.78 is 24.9. The highest BCUT2D eigenvalue weighted by atomic mass is 32.2. The van der Waals surface area contributed by atoms with Gasteiger partial charge in [0.05, 0.1) is 4.90 Å². The zero-order chi connectivity index (χ0) is 21.9. The molecule has 1 aliphatic carbocycles. The number of aromatic nitrogens is 1. The van der Waals surface area contributed by atoms with Crippen LogP contribution < -0.4 is 10.9 Å². The number of aromatic amines is 1. The van der Waals surface area contributed by atoms with E-state index in [-0.39, 0.29) is 22.4 Å². The number of rotatable bonds is 5. The number of aryl methyl sites for hydroxylation is 2. The summed E-state index contributed by atoms with van der Waals surface area (Å²) in [6.07, 6.45) is 5.12. The van der Waals surface area contributed by atoms with Crippen LogP contribution in [0.15, 0.2) is 51.5 Å². The second-order valence-corrected chi connectivity index (χ2v) is 10.5. The lowest BCUT2D eigenvalue weighted by molar-refractivity contribution is 0.0956. The van der Waals surface area contributed by atoms with Gasteiger partial charge in [-0.05, 0) is 60.4 Å². The van der Waals surface area contributed by atoms with Gasteiger partial charge in [-0.25, -0.2) is 8.42 Å². The summed E-state index contributed by atoms with van der Waals surface area (Å²) in [5.74, 6) is -0.513. The second-order valence-electron chi connectivity index (χ2n) is 8.62. The minimum Gasteiger partial charge on any atom is -0.348 e. The molecule has 7 heteroatoms. The van der Waals surface area contributed by atoms with Gasteiger partial charge in [0.1, 0.15) is 5.56 Å². The van der Waals surface area contributed by atoms with Crippen molar-refractivity contribution in [2.24, 2.45) is 0 Å². The van der Waals surface area contributed by atoms with Crippen molar-refractivity contribution in [2.45, 2.75) is 56.8 Å². The molecule has 1 aromatic carbocycles. The van der Waals surface area contributed by atoms with E-state index in [0.717, 1.165) is 47.9 Å². The van der Waals surface area contributed by atoms with E-state index in [1.165, 1.54) is 6.08 Å². The molecule has 2 N–H and O–H groups in total. The normalized spacial score (nSPS) is 14.5. The quantitative estimate of drug-likeness (QED) is 0.764. The number of fused-ring (bicyclic) bond motifs is 1. The Labute approximate surface area is 177 Å². The standard InChI is InChI=1S/C23H28N2O4S/c1-23(2,3)17-9-11-18(12-10-17)30(28,29)14-6-13-24-21(26)19-15-16-7-4-5-8-20(16)25-22(19)27/h6,9-12,14-15H,4-5,7-8,13H2,1-3H3,(H,24,26)(H,25,27)/b14-6+. The summed E-state index contributed by atoms with van der Waals surface area (Å²) in [7, 11) is -3.61. The van der Waals surface area contributed by atoms with Crippen molar-refractivity contribution in [3.8, 4) is 0 Å².